The minimum Gasteiger partial charge on any atom is -0.376 e. The fourth-order valence-electron chi connectivity index (χ4n) is 3.32. The lowest BCUT2D eigenvalue weighted by Gasteiger charge is -2.26. The summed E-state index contributed by atoms with van der Waals surface area (Å²) >= 11 is 0. The lowest BCUT2D eigenvalue weighted by Crippen LogP contribution is -2.41. The maximum absolute atomic E-state index is 13.3. The van der Waals surface area contributed by atoms with Crippen molar-refractivity contribution in [1.29, 1.82) is 0 Å². The van der Waals surface area contributed by atoms with Crippen molar-refractivity contribution in [1.82, 2.24) is 19.6 Å². The number of aryl methyl sites for hydroxylation is 2. The van der Waals surface area contributed by atoms with Gasteiger partial charge in [0.25, 0.3) is 5.91 Å². The summed E-state index contributed by atoms with van der Waals surface area (Å²) in [6.45, 7) is 4.97. The van der Waals surface area contributed by atoms with E-state index in [1.807, 2.05) is 45.1 Å². The van der Waals surface area contributed by atoms with E-state index in [1.165, 1.54) is 0 Å². The molecule has 1 fully saturated rings. The summed E-state index contributed by atoms with van der Waals surface area (Å²) in [5, 5.41) is 5.45. The van der Waals surface area contributed by atoms with Crippen LogP contribution in [-0.4, -0.2) is 71.9 Å². The largest absolute Gasteiger partial charge is 0.376 e. The first kappa shape index (κ1) is 17.9. The summed E-state index contributed by atoms with van der Waals surface area (Å²) in [5.41, 5.74) is 2.66. The van der Waals surface area contributed by atoms with Crippen LogP contribution < -0.4 is 0 Å². The zero-order valence-electron chi connectivity index (χ0n) is 15.7. The van der Waals surface area contributed by atoms with Crippen LogP contribution in [-0.2, 0) is 11.8 Å². The van der Waals surface area contributed by atoms with E-state index >= 15 is 0 Å². The number of fused-ring (bicyclic) bond motifs is 1. The predicted octanol–water partition coefficient (Wildman–Crippen LogP) is 2.06. The average Bonchev–Trinajstić information content (AvgIpc) is 3.18. The van der Waals surface area contributed by atoms with Crippen LogP contribution in [0.4, 0.5) is 0 Å². The summed E-state index contributed by atoms with van der Waals surface area (Å²) in [7, 11) is 5.93. The number of ether oxygens (including phenoxy) is 1. The zero-order valence-corrected chi connectivity index (χ0v) is 15.7. The van der Waals surface area contributed by atoms with Gasteiger partial charge in [0, 0.05) is 38.7 Å². The maximum Gasteiger partial charge on any atom is 0.275 e. The van der Waals surface area contributed by atoms with Crippen molar-refractivity contribution in [3.05, 3.63) is 29.5 Å². The van der Waals surface area contributed by atoms with Crippen LogP contribution in [0, 0.1) is 6.92 Å². The Bertz CT molecular complexity index is 747. The van der Waals surface area contributed by atoms with Crippen LogP contribution in [0.5, 0.6) is 0 Å². The van der Waals surface area contributed by atoms with E-state index in [1.54, 1.807) is 4.68 Å². The van der Waals surface area contributed by atoms with Crippen molar-refractivity contribution >= 4 is 16.8 Å². The summed E-state index contributed by atoms with van der Waals surface area (Å²) in [6.07, 6.45) is 2.24. The molecule has 0 unspecified atom stereocenters. The van der Waals surface area contributed by atoms with Gasteiger partial charge in [-0.05, 0) is 46.0 Å². The molecule has 1 atom stereocenters. The monoisotopic (exact) mass is 344 g/mol. The molecule has 1 amide bonds. The third-order valence-corrected chi connectivity index (χ3v) is 4.76. The Morgan fingerprint density at radius 1 is 1.36 bits per heavy atom. The van der Waals surface area contributed by atoms with Crippen LogP contribution in [0.3, 0.4) is 0 Å². The van der Waals surface area contributed by atoms with Gasteiger partial charge in [-0.3, -0.25) is 9.48 Å². The van der Waals surface area contributed by atoms with E-state index in [0.717, 1.165) is 42.5 Å². The molecule has 2 aromatic rings. The highest BCUT2D eigenvalue weighted by atomic mass is 16.5. The highest BCUT2D eigenvalue weighted by molar-refractivity contribution is 6.05. The van der Waals surface area contributed by atoms with Gasteiger partial charge in [0.05, 0.1) is 11.6 Å². The lowest BCUT2D eigenvalue weighted by molar-refractivity contribution is 0.0508. The summed E-state index contributed by atoms with van der Waals surface area (Å²) in [5.74, 6) is -0.00597. The Labute approximate surface area is 149 Å². The third kappa shape index (κ3) is 4.02. The van der Waals surface area contributed by atoms with Gasteiger partial charge in [0.15, 0.2) is 5.69 Å². The average molecular weight is 344 g/mol. The van der Waals surface area contributed by atoms with E-state index in [-0.39, 0.29) is 12.0 Å². The van der Waals surface area contributed by atoms with E-state index in [0.29, 0.717) is 18.8 Å². The molecule has 136 valence electrons. The molecule has 1 aromatic heterocycles. The topological polar surface area (TPSA) is 50.6 Å². The Balaban J connectivity index is 1.89. The second-order valence-electron chi connectivity index (χ2n) is 7.18. The van der Waals surface area contributed by atoms with Crippen LogP contribution in [0.1, 0.15) is 28.9 Å². The molecule has 1 aliphatic rings. The molecule has 1 aliphatic heterocycles. The first-order chi connectivity index (χ1) is 12.0. The highest BCUT2D eigenvalue weighted by Gasteiger charge is 2.26. The molecule has 2 heterocycles. The summed E-state index contributed by atoms with van der Waals surface area (Å²) < 4.78 is 7.54. The molecule has 6 nitrogen and oxygen atoms in total. The van der Waals surface area contributed by atoms with E-state index in [9.17, 15) is 4.79 Å². The van der Waals surface area contributed by atoms with Crippen molar-refractivity contribution in [3.8, 4) is 0 Å². The van der Waals surface area contributed by atoms with Gasteiger partial charge < -0.3 is 14.5 Å². The van der Waals surface area contributed by atoms with Gasteiger partial charge in [-0.15, -0.1) is 0 Å². The fourth-order valence-corrected chi connectivity index (χ4v) is 3.32. The van der Waals surface area contributed by atoms with Crippen LogP contribution in [0.2, 0.25) is 0 Å². The molecule has 0 N–H and O–H groups in total. The van der Waals surface area contributed by atoms with E-state index in [2.05, 4.69) is 16.1 Å². The molecule has 1 aromatic carbocycles. The predicted molar refractivity (Wildman–Crippen MR) is 98.9 cm³/mol. The smallest absolute Gasteiger partial charge is 0.275 e. The quantitative estimate of drug-likeness (QED) is 0.805. The number of carbonyl (C=O) groups excluding carboxylic acids is 1. The number of aromatic nitrogens is 2. The van der Waals surface area contributed by atoms with Crippen molar-refractivity contribution in [2.75, 3.05) is 40.3 Å². The van der Waals surface area contributed by atoms with Crippen LogP contribution >= 0.6 is 0 Å². The second-order valence-corrected chi connectivity index (χ2v) is 7.18. The third-order valence-electron chi connectivity index (χ3n) is 4.76. The number of benzene rings is 1. The fraction of sp³-hybridized carbons (Fsp3) is 0.579. The SMILES string of the molecule is Cc1ccc2c(c1)c(C(=O)N(CCN(C)C)C[C@@H]1CCCO1)nn2C. The Kier molecular flexibility index (Phi) is 5.39. The summed E-state index contributed by atoms with van der Waals surface area (Å²) in [6, 6.07) is 6.12. The molecule has 0 aliphatic carbocycles. The number of likely N-dealkylation sites (N-methyl/N-ethyl adjacent to an activating group) is 1. The van der Waals surface area contributed by atoms with Crippen molar-refractivity contribution in [2.24, 2.45) is 7.05 Å². The van der Waals surface area contributed by atoms with Crippen molar-refractivity contribution < 1.29 is 9.53 Å². The first-order valence-corrected chi connectivity index (χ1v) is 8.94. The highest BCUT2D eigenvalue weighted by Crippen LogP contribution is 2.22. The molecule has 3 rings (SSSR count). The first-order valence-electron chi connectivity index (χ1n) is 8.94. The van der Waals surface area contributed by atoms with Gasteiger partial charge in [0.1, 0.15) is 0 Å². The van der Waals surface area contributed by atoms with Gasteiger partial charge in [-0.1, -0.05) is 11.6 Å². The minimum absolute atomic E-state index is 0.00597. The molecule has 0 spiro atoms. The van der Waals surface area contributed by atoms with Gasteiger partial charge in [0.2, 0.25) is 0 Å². The van der Waals surface area contributed by atoms with Crippen LogP contribution in [0.15, 0.2) is 18.2 Å². The van der Waals surface area contributed by atoms with Crippen molar-refractivity contribution in [2.45, 2.75) is 25.9 Å². The Morgan fingerprint density at radius 2 is 2.16 bits per heavy atom. The standard InChI is InChI=1S/C19H28N4O2/c1-14-7-8-17-16(12-14)18(20-22(17)4)19(24)23(10-9-21(2)3)13-15-6-5-11-25-15/h7-8,12,15H,5-6,9-11,13H2,1-4H3/t15-/m0/s1. The minimum atomic E-state index is -0.00597. The number of hydrogen-bond acceptors (Lipinski definition) is 4. The molecule has 1 saturated heterocycles. The number of rotatable bonds is 6. The Hall–Kier alpha value is -1.92. The van der Waals surface area contributed by atoms with Crippen LogP contribution in [0.25, 0.3) is 10.9 Å². The van der Waals surface area contributed by atoms with Gasteiger partial charge in [-0.2, -0.15) is 5.10 Å². The Morgan fingerprint density at radius 3 is 2.84 bits per heavy atom. The van der Waals surface area contributed by atoms with E-state index < -0.39 is 0 Å². The lowest BCUT2D eigenvalue weighted by atomic mass is 10.1. The molecular weight excluding hydrogens is 316 g/mol. The molecule has 6 heteroatoms. The number of hydrogen-bond donors (Lipinski definition) is 0. The molecular formula is C19H28N4O2. The molecule has 0 saturated carbocycles. The van der Waals surface area contributed by atoms with Gasteiger partial charge in [-0.25, -0.2) is 0 Å². The second kappa shape index (κ2) is 7.54. The zero-order chi connectivity index (χ0) is 18.0. The molecule has 0 radical (unpaired) electrons. The number of carbonyl (C=O) groups is 1. The van der Waals surface area contributed by atoms with E-state index in [4.69, 9.17) is 4.74 Å². The normalized spacial score (nSPS) is 17.6. The van der Waals surface area contributed by atoms with Gasteiger partial charge >= 0.3 is 0 Å². The number of nitrogens with zero attached hydrogens (tertiary/aromatic N) is 4. The summed E-state index contributed by atoms with van der Waals surface area (Å²) in [4.78, 5) is 17.3. The number of amides is 1. The maximum atomic E-state index is 13.3. The molecule has 25 heavy (non-hydrogen) atoms. The molecule has 0 bridgehead atoms. The van der Waals surface area contributed by atoms with Crippen molar-refractivity contribution in [3.63, 3.8) is 0 Å².